The summed E-state index contributed by atoms with van der Waals surface area (Å²) in [6.45, 7) is 2.84. The number of nitrogens with one attached hydrogen (secondary N) is 1. The van der Waals surface area contributed by atoms with Crippen LogP contribution in [0.2, 0.25) is 0 Å². The molecule has 1 aromatic heterocycles. The Morgan fingerprint density at radius 1 is 1.43 bits per heavy atom. The second kappa shape index (κ2) is 6.98. The number of anilines is 1. The molecule has 1 aromatic carbocycles. The number of benzene rings is 1. The van der Waals surface area contributed by atoms with Gasteiger partial charge >= 0.3 is 0 Å². The molecule has 2 rings (SSSR count). The highest BCUT2D eigenvalue weighted by Gasteiger charge is 2.16. The van der Waals surface area contributed by atoms with Gasteiger partial charge < -0.3 is 10.1 Å². The monoisotopic (exact) mass is 352 g/mol. The zero-order valence-corrected chi connectivity index (χ0v) is 12.8. The van der Waals surface area contributed by atoms with Crippen LogP contribution in [0.25, 0.3) is 0 Å². The van der Waals surface area contributed by atoms with Gasteiger partial charge in [0.15, 0.2) is 5.75 Å². The minimum Gasteiger partial charge on any atom is -0.437 e. The Kier molecular flexibility index (Phi) is 5.04. The first kappa shape index (κ1) is 15.2. The SMILES string of the molecule is CCCNc1cc(Oc2cccc([N+](=O)[O-])c2Br)ncn1. The maximum absolute atomic E-state index is 10.9. The van der Waals surface area contributed by atoms with E-state index in [1.165, 1.54) is 12.4 Å². The number of hydrogen-bond acceptors (Lipinski definition) is 6. The molecular formula is C13H13BrN4O3. The lowest BCUT2D eigenvalue weighted by molar-refractivity contribution is -0.385. The quantitative estimate of drug-likeness (QED) is 0.628. The summed E-state index contributed by atoms with van der Waals surface area (Å²) in [5.41, 5.74) is -0.0640. The number of halogens is 1. The first-order valence-electron chi connectivity index (χ1n) is 6.28. The van der Waals surface area contributed by atoms with Gasteiger partial charge in [-0.25, -0.2) is 9.97 Å². The summed E-state index contributed by atoms with van der Waals surface area (Å²) in [6.07, 6.45) is 2.34. The molecule has 0 aliphatic carbocycles. The van der Waals surface area contributed by atoms with Gasteiger partial charge in [-0.1, -0.05) is 13.0 Å². The van der Waals surface area contributed by atoms with Crippen molar-refractivity contribution >= 4 is 27.4 Å². The van der Waals surface area contributed by atoms with Gasteiger partial charge in [-0.05, 0) is 28.4 Å². The number of aromatic nitrogens is 2. The number of nitro benzene ring substituents is 1. The molecule has 0 spiro atoms. The molecule has 0 fully saturated rings. The van der Waals surface area contributed by atoms with Crippen LogP contribution < -0.4 is 10.1 Å². The van der Waals surface area contributed by atoms with Crippen molar-refractivity contribution in [2.75, 3.05) is 11.9 Å². The second-order valence-electron chi connectivity index (χ2n) is 4.12. The topological polar surface area (TPSA) is 90.2 Å². The average Bonchev–Trinajstić information content (AvgIpc) is 2.47. The standard InChI is InChI=1S/C13H13BrN4O3/c1-2-6-15-11-7-12(17-8-16-11)21-10-5-3-4-9(13(10)14)18(19)20/h3-5,7-8H,2,6H2,1H3,(H,15,16,17). The van der Waals surface area contributed by atoms with Crippen molar-refractivity contribution in [2.24, 2.45) is 0 Å². The molecule has 0 amide bonds. The van der Waals surface area contributed by atoms with Crippen LogP contribution in [0.1, 0.15) is 13.3 Å². The van der Waals surface area contributed by atoms with Crippen molar-refractivity contribution < 1.29 is 9.66 Å². The molecule has 110 valence electrons. The molecule has 1 N–H and O–H groups in total. The van der Waals surface area contributed by atoms with Crippen molar-refractivity contribution in [1.82, 2.24) is 9.97 Å². The van der Waals surface area contributed by atoms with E-state index in [1.807, 2.05) is 6.92 Å². The van der Waals surface area contributed by atoms with E-state index in [0.717, 1.165) is 13.0 Å². The van der Waals surface area contributed by atoms with E-state index in [4.69, 9.17) is 4.74 Å². The maximum Gasteiger partial charge on any atom is 0.287 e. The van der Waals surface area contributed by atoms with Gasteiger partial charge in [0, 0.05) is 18.7 Å². The third-order valence-corrected chi connectivity index (χ3v) is 3.35. The van der Waals surface area contributed by atoms with E-state index in [0.29, 0.717) is 17.4 Å². The van der Waals surface area contributed by atoms with Crippen LogP contribution >= 0.6 is 15.9 Å². The van der Waals surface area contributed by atoms with Gasteiger partial charge in [-0.3, -0.25) is 10.1 Å². The van der Waals surface area contributed by atoms with Gasteiger partial charge in [-0.2, -0.15) is 0 Å². The fraction of sp³-hybridized carbons (Fsp3) is 0.231. The molecule has 8 heteroatoms. The van der Waals surface area contributed by atoms with Crippen molar-refractivity contribution in [1.29, 1.82) is 0 Å². The van der Waals surface area contributed by atoms with Crippen LogP contribution in [0.3, 0.4) is 0 Å². The van der Waals surface area contributed by atoms with Crippen LogP contribution in [-0.4, -0.2) is 21.4 Å². The highest BCUT2D eigenvalue weighted by molar-refractivity contribution is 9.10. The minimum atomic E-state index is -0.481. The smallest absolute Gasteiger partial charge is 0.287 e. The maximum atomic E-state index is 10.9. The Labute approximate surface area is 129 Å². The third kappa shape index (κ3) is 3.88. The Morgan fingerprint density at radius 3 is 2.95 bits per heavy atom. The summed E-state index contributed by atoms with van der Waals surface area (Å²) in [5.74, 6) is 1.28. The van der Waals surface area contributed by atoms with E-state index in [9.17, 15) is 10.1 Å². The first-order valence-corrected chi connectivity index (χ1v) is 7.07. The predicted octanol–water partition coefficient (Wildman–Crippen LogP) is 3.76. The molecule has 0 aliphatic heterocycles. The highest BCUT2D eigenvalue weighted by atomic mass is 79.9. The largest absolute Gasteiger partial charge is 0.437 e. The molecule has 21 heavy (non-hydrogen) atoms. The van der Waals surface area contributed by atoms with Gasteiger partial charge in [0.25, 0.3) is 5.69 Å². The van der Waals surface area contributed by atoms with Gasteiger partial charge in [-0.15, -0.1) is 0 Å². The lowest BCUT2D eigenvalue weighted by Gasteiger charge is -2.08. The van der Waals surface area contributed by atoms with E-state index >= 15 is 0 Å². The highest BCUT2D eigenvalue weighted by Crippen LogP contribution is 2.36. The van der Waals surface area contributed by atoms with Gasteiger partial charge in [0.05, 0.1) is 4.92 Å². The average molecular weight is 353 g/mol. The summed E-state index contributed by atoms with van der Waals surface area (Å²) >= 11 is 3.17. The first-order chi connectivity index (χ1) is 10.1. The molecule has 0 bridgehead atoms. The summed E-state index contributed by atoms with van der Waals surface area (Å²) in [7, 11) is 0. The fourth-order valence-corrected chi connectivity index (χ4v) is 2.07. The molecule has 7 nitrogen and oxygen atoms in total. The van der Waals surface area contributed by atoms with Crippen LogP contribution in [0, 0.1) is 10.1 Å². The third-order valence-electron chi connectivity index (χ3n) is 2.55. The van der Waals surface area contributed by atoms with Crippen molar-refractivity contribution in [2.45, 2.75) is 13.3 Å². The molecule has 2 aromatic rings. The molecule has 0 aliphatic rings. The van der Waals surface area contributed by atoms with Crippen LogP contribution in [0.15, 0.2) is 35.1 Å². The number of nitro groups is 1. The van der Waals surface area contributed by atoms with Crippen LogP contribution in [-0.2, 0) is 0 Å². The lowest BCUT2D eigenvalue weighted by Crippen LogP contribution is -2.02. The van der Waals surface area contributed by atoms with E-state index in [1.54, 1.807) is 18.2 Å². The molecule has 1 heterocycles. The Morgan fingerprint density at radius 2 is 2.24 bits per heavy atom. The number of rotatable bonds is 6. The predicted molar refractivity (Wildman–Crippen MR) is 81.7 cm³/mol. The summed E-state index contributed by atoms with van der Waals surface area (Å²) < 4.78 is 5.85. The van der Waals surface area contributed by atoms with Crippen LogP contribution in [0.5, 0.6) is 11.6 Å². The zero-order chi connectivity index (χ0) is 15.2. The van der Waals surface area contributed by atoms with E-state index < -0.39 is 4.92 Å². The Hall–Kier alpha value is -2.22. The molecular weight excluding hydrogens is 340 g/mol. The molecule has 0 unspecified atom stereocenters. The number of hydrogen-bond donors (Lipinski definition) is 1. The second-order valence-corrected chi connectivity index (χ2v) is 4.91. The summed E-state index contributed by atoms with van der Waals surface area (Å²) in [6, 6.07) is 6.21. The minimum absolute atomic E-state index is 0.0640. The van der Waals surface area contributed by atoms with Crippen LogP contribution in [0.4, 0.5) is 11.5 Å². The molecule has 0 saturated carbocycles. The number of ether oxygens (including phenoxy) is 1. The Bertz CT molecular complexity index is 651. The fourth-order valence-electron chi connectivity index (χ4n) is 1.58. The van der Waals surface area contributed by atoms with Crippen molar-refractivity contribution in [3.8, 4) is 11.6 Å². The normalized spacial score (nSPS) is 10.2. The van der Waals surface area contributed by atoms with E-state index in [2.05, 4.69) is 31.2 Å². The van der Waals surface area contributed by atoms with Crippen molar-refractivity contribution in [3.63, 3.8) is 0 Å². The number of nitrogens with zero attached hydrogens (tertiary/aromatic N) is 3. The molecule has 0 atom stereocenters. The zero-order valence-electron chi connectivity index (χ0n) is 11.2. The Balaban J connectivity index is 2.22. The van der Waals surface area contributed by atoms with Crippen molar-refractivity contribution in [3.05, 3.63) is 45.2 Å². The van der Waals surface area contributed by atoms with Gasteiger partial charge in [0.2, 0.25) is 5.88 Å². The van der Waals surface area contributed by atoms with Gasteiger partial charge in [0.1, 0.15) is 16.6 Å². The summed E-state index contributed by atoms with van der Waals surface area (Å²) in [4.78, 5) is 18.5. The molecule has 0 saturated heterocycles. The van der Waals surface area contributed by atoms with E-state index in [-0.39, 0.29) is 10.2 Å². The molecule has 0 radical (unpaired) electrons. The lowest BCUT2D eigenvalue weighted by atomic mass is 10.3. The summed E-state index contributed by atoms with van der Waals surface area (Å²) in [5, 5.41) is 14.0.